The zero-order valence-corrected chi connectivity index (χ0v) is 15.6. The Labute approximate surface area is 138 Å². The van der Waals surface area contributed by atoms with Gasteiger partial charge in [-0.2, -0.15) is 0 Å². The van der Waals surface area contributed by atoms with Gasteiger partial charge in [-0.1, -0.05) is 20.8 Å². The predicted molar refractivity (Wildman–Crippen MR) is 92.4 cm³/mol. The number of hydrogen-bond donors (Lipinski definition) is 2. The second kappa shape index (κ2) is 6.26. The zero-order valence-electron chi connectivity index (χ0n) is 14.6. The molecule has 0 fully saturated rings. The summed E-state index contributed by atoms with van der Waals surface area (Å²) < 4.78 is 12.0. The van der Waals surface area contributed by atoms with Crippen LogP contribution in [0.3, 0.4) is 0 Å². The van der Waals surface area contributed by atoms with Crippen LogP contribution in [0.2, 0.25) is 18.1 Å². The summed E-state index contributed by atoms with van der Waals surface area (Å²) in [6.45, 7) is 11.2. The lowest BCUT2D eigenvalue weighted by Crippen LogP contribution is -2.43. The molecule has 1 atom stereocenters. The van der Waals surface area contributed by atoms with Crippen LogP contribution in [-0.4, -0.2) is 32.4 Å². The van der Waals surface area contributed by atoms with Crippen molar-refractivity contribution in [1.29, 1.82) is 0 Å². The fraction of sp³-hybridized carbons (Fsp3) is 0.588. The number of ether oxygens (including phenoxy) is 1. The smallest absolute Gasteiger partial charge is 0.192 e. The summed E-state index contributed by atoms with van der Waals surface area (Å²) in [4.78, 5) is 11.6. The van der Waals surface area contributed by atoms with Crippen molar-refractivity contribution in [2.45, 2.75) is 51.4 Å². The Bertz CT molecular complexity index is 607. The van der Waals surface area contributed by atoms with Gasteiger partial charge in [-0.25, -0.2) is 0 Å². The molecule has 0 aliphatic carbocycles. The number of phenolic OH excluding ortho intramolecular Hbond substituents is 1. The summed E-state index contributed by atoms with van der Waals surface area (Å²) in [6, 6.07) is 3.38. The Hall–Kier alpha value is -1.37. The summed E-state index contributed by atoms with van der Waals surface area (Å²) in [7, 11) is -2.01. The molecule has 23 heavy (non-hydrogen) atoms. The van der Waals surface area contributed by atoms with Gasteiger partial charge in [-0.15, -0.1) is 0 Å². The summed E-state index contributed by atoms with van der Waals surface area (Å²) in [6.07, 6.45) is -0.120. The molecular formula is C17H27NO4Si. The van der Waals surface area contributed by atoms with E-state index < -0.39 is 8.32 Å². The Morgan fingerprint density at radius 2 is 2.04 bits per heavy atom. The molecule has 0 saturated carbocycles. The average molecular weight is 337 g/mol. The lowest BCUT2D eigenvalue weighted by atomic mass is 9.98. The average Bonchev–Trinajstić information content (AvgIpc) is 2.45. The van der Waals surface area contributed by atoms with Crippen LogP contribution in [-0.2, 0) is 15.6 Å². The number of Topliss-reactive ketones (excluding diaryl/α,β-unsaturated/α-hetero) is 1. The number of rotatable bonds is 4. The highest BCUT2D eigenvalue weighted by Gasteiger charge is 2.40. The fourth-order valence-electron chi connectivity index (χ4n) is 2.40. The molecular weight excluding hydrogens is 310 g/mol. The highest BCUT2D eigenvalue weighted by molar-refractivity contribution is 6.74. The normalized spacial score (nSPS) is 16.7. The van der Waals surface area contributed by atoms with Crippen molar-refractivity contribution in [2.24, 2.45) is 5.73 Å². The van der Waals surface area contributed by atoms with E-state index in [0.717, 1.165) is 5.56 Å². The molecule has 6 heteroatoms. The van der Waals surface area contributed by atoms with Crippen LogP contribution in [0.4, 0.5) is 0 Å². The number of carbonyl (C=O) groups excluding carboxylic acids is 1. The number of hydrogen-bond acceptors (Lipinski definition) is 5. The first-order valence-corrected chi connectivity index (χ1v) is 10.8. The van der Waals surface area contributed by atoms with Gasteiger partial charge in [0.1, 0.15) is 18.1 Å². The van der Waals surface area contributed by atoms with Gasteiger partial charge in [-0.05, 0) is 30.3 Å². The Morgan fingerprint density at radius 1 is 1.39 bits per heavy atom. The first kappa shape index (κ1) is 18.0. The van der Waals surface area contributed by atoms with Crippen LogP contribution in [0.15, 0.2) is 12.1 Å². The molecule has 5 nitrogen and oxygen atoms in total. The van der Waals surface area contributed by atoms with E-state index >= 15 is 0 Å². The third-order valence-corrected chi connectivity index (χ3v) is 9.31. The van der Waals surface area contributed by atoms with Crippen LogP contribution in [0.25, 0.3) is 0 Å². The van der Waals surface area contributed by atoms with Crippen molar-refractivity contribution in [3.8, 4) is 11.5 Å². The lowest BCUT2D eigenvalue weighted by molar-refractivity contribution is -0.121. The number of aromatic hydroxyl groups is 1. The molecule has 0 aromatic heterocycles. The minimum atomic E-state index is -2.01. The van der Waals surface area contributed by atoms with Gasteiger partial charge < -0.3 is 20.0 Å². The molecule has 0 bridgehead atoms. The standard InChI is InChI=1S/C17H27NO4Si/c1-17(2,3)23(4,5)22-15(9-18)12-6-7-14(20)13-8-11(19)10-21-16(12)13/h6-7,15,20H,8-10,18H2,1-5H3/t15-/m0/s1. The minimum absolute atomic E-state index is 0.0286. The quantitative estimate of drug-likeness (QED) is 0.826. The first-order valence-electron chi connectivity index (χ1n) is 7.94. The van der Waals surface area contributed by atoms with Crippen molar-refractivity contribution in [3.05, 3.63) is 23.3 Å². The highest BCUT2D eigenvalue weighted by Crippen LogP contribution is 2.43. The van der Waals surface area contributed by atoms with Crippen LogP contribution in [0.5, 0.6) is 11.5 Å². The second-order valence-electron chi connectivity index (χ2n) is 7.59. The molecule has 1 aliphatic rings. The Kier molecular flexibility index (Phi) is 4.89. The van der Waals surface area contributed by atoms with Crippen molar-refractivity contribution >= 4 is 14.1 Å². The molecule has 0 radical (unpaired) electrons. The van der Waals surface area contributed by atoms with Crippen LogP contribution < -0.4 is 10.5 Å². The number of fused-ring (bicyclic) bond motifs is 1. The first-order chi connectivity index (χ1) is 10.6. The maximum absolute atomic E-state index is 11.6. The van der Waals surface area contributed by atoms with Crippen LogP contribution >= 0.6 is 0 Å². The summed E-state index contributed by atoms with van der Waals surface area (Å²) >= 11 is 0. The Balaban J connectivity index is 2.40. The third kappa shape index (κ3) is 3.59. The van der Waals surface area contributed by atoms with Gasteiger partial charge in [-0.3, -0.25) is 4.79 Å². The molecule has 1 aromatic rings. The highest BCUT2D eigenvalue weighted by atomic mass is 28.4. The third-order valence-electron chi connectivity index (χ3n) is 4.82. The van der Waals surface area contributed by atoms with Crippen molar-refractivity contribution < 1.29 is 19.1 Å². The number of carbonyl (C=O) groups is 1. The van der Waals surface area contributed by atoms with Gasteiger partial charge >= 0.3 is 0 Å². The number of nitrogens with two attached hydrogens (primary N) is 1. The summed E-state index contributed by atoms with van der Waals surface area (Å²) in [5.74, 6) is 0.596. The molecule has 0 saturated heterocycles. The van der Waals surface area contributed by atoms with E-state index in [9.17, 15) is 9.90 Å². The monoisotopic (exact) mass is 337 g/mol. The topological polar surface area (TPSA) is 81.8 Å². The van der Waals surface area contributed by atoms with Gasteiger partial charge in [0, 0.05) is 24.1 Å². The molecule has 3 N–H and O–H groups in total. The zero-order chi connectivity index (χ0) is 17.4. The van der Waals surface area contributed by atoms with Gasteiger partial charge in [0.05, 0.1) is 6.10 Å². The minimum Gasteiger partial charge on any atom is -0.508 e. The van der Waals surface area contributed by atoms with Crippen LogP contribution in [0, 0.1) is 0 Å². The number of ketones is 1. The Morgan fingerprint density at radius 3 is 2.61 bits per heavy atom. The summed E-state index contributed by atoms with van der Waals surface area (Å²) in [5.41, 5.74) is 7.32. The number of phenols is 1. The van der Waals surface area contributed by atoms with Gasteiger partial charge in [0.25, 0.3) is 0 Å². The SMILES string of the molecule is CC(C)(C)[Si](C)(C)O[C@@H](CN)c1ccc(O)c2c1OCC(=O)C2. The van der Waals surface area contributed by atoms with Gasteiger partial charge in [0.15, 0.2) is 14.1 Å². The number of benzene rings is 1. The molecule has 2 rings (SSSR count). The molecule has 128 valence electrons. The molecule has 1 aliphatic heterocycles. The van der Waals surface area contributed by atoms with E-state index in [2.05, 4.69) is 33.9 Å². The van der Waals surface area contributed by atoms with E-state index in [4.69, 9.17) is 14.9 Å². The van der Waals surface area contributed by atoms with E-state index in [1.807, 2.05) is 0 Å². The second-order valence-corrected chi connectivity index (χ2v) is 12.3. The lowest BCUT2D eigenvalue weighted by Gasteiger charge is -2.39. The molecule has 0 unspecified atom stereocenters. The maximum atomic E-state index is 11.6. The molecule has 1 aromatic carbocycles. The molecule has 1 heterocycles. The van der Waals surface area contributed by atoms with E-state index in [1.165, 1.54) is 0 Å². The van der Waals surface area contributed by atoms with E-state index in [1.54, 1.807) is 12.1 Å². The van der Waals surface area contributed by atoms with Crippen LogP contribution in [0.1, 0.15) is 38.0 Å². The fourth-order valence-corrected chi connectivity index (χ4v) is 3.69. The van der Waals surface area contributed by atoms with Crippen molar-refractivity contribution in [2.75, 3.05) is 13.2 Å². The van der Waals surface area contributed by atoms with Crippen molar-refractivity contribution in [3.63, 3.8) is 0 Å². The largest absolute Gasteiger partial charge is 0.508 e. The van der Waals surface area contributed by atoms with E-state index in [0.29, 0.717) is 17.9 Å². The molecule has 0 spiro atoms. The van der Waals surface area contributed by atoms with E-state index in [-0.39, 0.29) is 35.7 Å². The molecule has 0 amide bonds. The van der Waals surface area contributed by atoms with Crippen molar-refractivity contribution in [1.82, 2.24) is 0 Å². The predicted octanol–water partition coefficient (Wildman–Crippen LogP) is 2.92. The van der Waals surface area contributed by atoms with Gasteiger partial charge in [0.2, 0.25) is 0 Å². The maximum Gasteiger partial charge on any atom is 0.192 e. The summed E-state index contributed by atoms with van der Waals surface area (Å²) in [5, 5.41) is 10.1.